The maximum atomic E-state index is 9.59. The predicted octanol–water partition coefficient (Wildman–Crippen LogP) is 0.575. The number of hydrogen-bond donors (Lipinski definition) is 4. The van der Waals surface area contributed by atoms with Crippen LogP contribution in [0.5, 0.6) is 5.75 Å². The molecule has 0 spiro atoms. The SMILES string of the molecule is OB(O)c1c(O)c(S)cc2ccsc12. The van der Waals surface area contributed by atoms with Gasteiger partial charge in [0.2, 0.25) is 0 Å². The Kier molecular flexibility index (Phi) is 2.44. The molecule has 3 nitrogen and oxygen atoms in total. The van der Waals surface area contributed by atoms with E-state index in [0.29, 0.717) is 9.60 Å². The molecule has 3 N–H and O–H groups in total. The van der Waals surface area contributed by atoms with Crippen LogP contribution in [0.15, 0.2) is 22.4 Å². The molecule has 0 saturated heterocycles. The van der Waals surface area contributed by atoms with Gasteiger partial charge in [-0.3, -0.25) is 0 Å². The molecule has 1 aromatic carbocycles. The second kappa shape index (κ2) is 3.47. The van der Waals surface area contributed by atoms with E-state index < -0.39 is 7.12 Å². The number of aromatic hydroxyl groups is 1. The highest BCUT2D eigenvalue weighted by Gasteiger charge is 2.22. The van der Waals surface area contributed by atoms with E-state index in [2.05, 4.69) is 12.6 Å². The van der Waals surface area contributed by atoms with E-state index in [4.69, 9.17) is 10.0 Å². The van der Waals surface area contributed by atoms with E-state index in [1.807, 2.05) is 11.4 Å². The Balaban J connectivity index is 2.86. The highest BCUT2D eigenvalue weighted by atomic mass is 32.1. The van der Waals surface area contributed by atoms with Gasteiger partial charge in [-0.2, -0.15) is 0 Å². The molecule has 14 heavy (non-hydrogen) atoms. The summed E-state index contributed by atoms with van der Waals surface area (Å²) in [6.07, 6.45) is 0. The van der Waals surface area contributed by atoms with Gasteiger partial charge in [-0.1, -0.05) is 0 Å². The van der Waals surface area contributed by atoms with Gasteiger partial charge in [0.25, 0.3) is 0 Å². The summed E-state index contributed by atoms with van der Waals surface area (Å²) < 4.78 is 0.676. The predicted molar refractivity (Wildman–Crippen MR) is 60.6 cm³/mol. The first-order valence-electron chi connectivity index (χ1n) is 3.89. The van der Waals surface area contributed by atoms with Crippen molar-refractivity contribution >= 4 is 46.6 Å². The molecule has 72 valence electrons. The fourth-order valence-electron chi connectivity index (χ4n) is 1.35. The number of benzene rings is 1. The Labute approximate surface area is 90.2 Å². The Morgan fingerprint density at radius 2 is 2.07 bits per heavy atom. The second-order valence-electron chi connectivity index (χ2n) is 2.87. The van der Waals surface area contributed by atoms with E-state index in [0.717, 1.165) is 5.39 Å². The Morgan fingerprint density at radius 3 is 2.71 bits per heavy atom. The summed E-state index contributed by atoms with van der Waals surface area (Å²) in [5, 5.41) is 30.5. The molecule has 0 fully saturated rings. The minimum Gasteiger partial charge on any atom is -0.507 e. The van der Waals surface area contributed by atoms with Crippen molar-refractivity contribution in [2.24, 2.45) is 0 Å². The lowest BCUT2D eigenvalue weighted by Crippen LogP contribution is -2.30. The molecule has 0 saturated carbocycles. The molecular formula is C8H7BO3S2. The van der Waals surface area contributed by atoms with Crippen LogP contribution in [0, 0.1) is 0 Å². The van der Waals surface area contributed by atoms with E-state index in [1.54, 1.807) is 6.07 Å². The third kappa shape index (κ3) is 1.40. The van der Waals surface area contributed by atoms with Crippen molar-refractivity contribution in [1.29, 1.82) is 0 Å². The van der Waals surface area contributed by atoms with Crippen LogP contribution in [0.4, 0.5) is 0 Å². The first-order chi connectivity index (χ1) is 6.61. The number of fused-ring (bicyclic) bond motifs is 1. The van der Waals surface area contributed by atoms with Crippen LogP contribution in [0.1, 0.15) is 0 Å². The van der Waals surface area contributed by atoms with Crippen molar-refractivity contribution in [2.45, 2.75) is 4.90 Å². The van der Waals surface area contributed by atoms with E-state index in [1.165, 1.54) is 11.3 Å². The van der Waals surface area contributed by atoms with Crippen LogP contribution in [-0.2, 0) is 0 Å². The molecule has 0 radical (unpaired) electrons. The van der Waals surface area contributed by atoms with Gasteiger partial charge in [-0.25, -0.2) is 0 Å². The number of rotatable bonds is 1. The standard InChI is InChI=1S/C8H7BO3S2/c10-7-5(13)3-4-1-2-14-8(4)6(7)9(11)12/h1-3,10-13H. The zero-order valence-corrected chi connectivity index (χ0v) is 8.72. The zero-order chi connectivity index (χ0) is 10.3. The summed E-state index contributed by atoms with van der Waals surface area (Å²) in [5.41, 5.74) is 0.127. The van der Waals surface area contributed by atoms with Gasteiger partial charge in [0.1, 0.15) is 5.75 Å². The number of thiol groups is 1. The van der Waals surface area contributed by atoms with Crippen molar-refractivity contribution in [2.75, 3.05) is 0 Å². The van der Waals surface area contributed by atoms with Gasteiger partial charge in [0.15, 0.2) is 0 Å². The Bertz CT molecular complexity index is 481. The number of thiophene rings is 1. The molecular weight excluding hydrogens is 219 g/mol. The van der Waals surface area contributed by atoms with Crippen LogP contribution in [-0.4, -0.2) is 22.3 Å². The van der Waals surface area contributed by atoms with Crippen LogP contribution in [0.3, 0.4) is 0 Å². The van der Waals surface area contributed by atoms with E-state index >= 15 is 0 Å². The van der Waals surface area contributed by atoms with Gasteiger partial charge in [0.05, 0.1) is 0 Å². The molecule has 6 heteroatoms. The molecule has 0 unspecified atom stereocenters. The number of phenols is 1. The summed E-state index contributed by atoms with van der Waals surface area (Å²) in [6, 6.07) is 3.53. The van der Waals surface area contributed by atoms with Crippen molar-refractivity contribution < 1.29 is 15.2 Å². The van der Waals surface area contributed by atoms with Gasteiger partial charge in [-0.05, 0) is 22.9 Å². The highest BCUT2D eigenvalue weighted by Crippen LogP contribution is 2.29. The molecule has 0 aliphatic rings. The molecule has 1 aromatic heterocycles. The third-order valence-corrected chi connectivity index (χ3v) is 3.29. The zero-order valence-electron chi connectivity index (χ0n) is 7.01. The quantitative estimate of drug-likeness (QED) is 0.425. The fraction of sp³-hybridized carbons (Fsp3) is 0. The summed E-state index contributed by atoms with van der Waals surface area (Å²) in [5.74, 6) is -0.168. The minimum atomic E-state index is -1.68. The van der Waals surface area contributed by atoms with Crippen molar-refractivity contribution in [3.63, 3.8) is 0 Å². The number of phenolic OH excluding ortho intramolecular Hbond substituents is 1. The van der Waals surface area contributed by atoms with Crippen LogP contribution >= 0.6 is 24.0 Å². The molecule has 0 aliphatic heterocycles. The molecule has 2 rings (SSSR count). The van der Waals surface area contributed by atoms with Gasteiger partial charge < -0.3 is 15.2 Å². The molecule has 2 aromatic rings. The van der Waals surface area contributed by atoms with Crippen molar-refractivity contribution in [3.8, 4) is 5.75 Å². The van der Waals surface area contributed by atoms with Crippen LogP contribution < -0.4 is 5.46 Å². The first-order valence-corrected chi connectivity index (χ1v) is 5.22. The lowest BCUT2D eigenvalue weighted by atomic mass is 9.79. The summed E-state index contributed by atoms with van der Waals surface area (Å²) in [7, 11) is -1.68. The smallest absolute Gasteiger partial charge is 0.493 e. The highest BCUT2D eigenvalue weighted by molar-refractivity contribution is 7.80. The van der Waals surface area contributed by atoms with Crippen molar-refractivity contribution in [1.82, 2.24) is 0 Å². The largest absolute Gasteiger partial charge is 0.507 e. The van der Waals surface area contributed by atoms with Gasteiger partial charge >= 0.3 is 7.12 Å². The maximum absolute atomic E-state index is 9.59. The lowest BCUT2D eigenvalue weighted by Gasteiger charge is -2.07. The van der Waals surface area contributed by atoms with E-state index in [9.17, 15) is 5.11 Å². The fourth-order valence-corrected chi connectivity index (χ4v) is 2.55. The summed E-state index contributed by atoms with van der Waals surface area (Å²) in [4.78, 5) is 0.346. The topological polar surface area (TPSA) is 60.7 Å². The summed E-state index contributed by atoms with van der Waals surface area (Å²) >= 11 is 5.40. The summed E-state index contributed by atoms with van der Waals surface area (Å²) in [6.45, 7) is 0. The first kappa shape index (κ1) is 9.85. The molecule has 0 aliphatic carbocycles. The Hall–Kier alpha value is -0.685. The molecule has 1 heterocycles. The molecule has 0 amide bonds. The van der Waals surface area contributed by atoms with Gasteiger partial charge in [-0.15, -0.1) is 24.0 Å². The number of hydrogen-bond acceptors (Lipinski definition) is 5. The lowest BCUT2D eigenvalue weighted by molar-refractivity contribution is 0.418. The average Bonchev–Trinajstić information content (AvgIpc) is 2.52. The van der Waals surface area contributed by atoms with Crippen LogP contribution in [0.25, 0.3) is 10.1 Å². The normalized spacial score (nSPS) is 10.8. The maximum Gasteiger partial charge on any atom is 0.493 e. The van der Waals surface area contributed by atoms with Crippen molar-refractivity contribution in [3.05, 3.63) is 17.5 Å². The van der Waals surface area contributed by atoms with E-state index in [-0.39, 0.29) is 11.2 Å². The molecule has 0 bridgehead atoms. The minimum absolute atomic E-state index is 0.127. The monoisotopic (exact) mass is 226 g/mol. The Morgan fingerprint density at radius 1 is 1.36 bits per heavy atom. The molecule has 0 atom stereocenters. The average molecular weight is 226 g/mol. The van der Waals surface area contributed by atoms with Gasteiger partial charge in [0, 0.05) is 15.1 Å². The third-order valence-electron chi connectivity index (χ3n) is 1.99. The second-order valence-corrected chi connectivity index (χ2v) is 4.27. The van der Waals surface area contributed by atoms with Crippen LogP contribution in [0.2, 0.25) is 0 Å².